The number of rotatable bonds is 3. The molecule has 0 aliphatic rings. The summed E-state index contributed by atoms with van der Waals surface area (Å²) in [4.78, 5) is 4.24. The molecule has 0 aliphatic carbocycles. The topological polar surface area (TPSA) is 45.2 Å². The second kappa shape index (κ2) is 5.19. The maximum Gasteiger partial charge on any atom is 0.129 e. The molecule has 1 aromatic heterocycles. The number of phenolic OH excluding ortho intramolecular Hbond substituents is 1. The van der Waals surface area contributed by atoms with Crippen molar-refractivity contribution >= 4 is 21.7 Å². The van der Waals surface area contributed by atoms with Gasteiger partial charge in [-0.1, -0.05) is 22.0 Å². The number of nitrogens with one attached hydrogen (secondary N) is 1. The van der Waals surface area contributed by atoms with Crippen molar-refractivity contribution in [3.05, 3.63) is 52.1 Å². The first-order valence-electron chi connectivity index (χ1n) is 5.29. The van der Waals surface area contributed by atoms with Gasteiger partial charge in [0.1, 0.15) is 11.6 Å². The van der Waals surface area contributed by atoms with Crippen LogP contribution in [0.3, 0.4) is 0 Å². The minimum absolute atomic E-state index is 0.286. The second-order valence-electron chi connectivity index (χ2n) is 3.80. The molecule has 3 nitrogen and oxygen atoms in total. The Bertz CT molecular complexity index is 529. The molecule has 0 radical (unpaired) electrons. The molecule has 0 aliphatic heterocycles. The summed E-state index contributed by atoms with van der Waals surface area (Å²) in [6.45, 7) is 2.54. The highest BCUT2D eigenvalue weighted by atomic mass is 79.9. The SMILES string of the molecule is Cc1cccnc1NCc1cc(Br)ccc1O. The molecule has 0 bridgehead atoms. The Morgan fingerprint density at radius 2 is 2.18 bits per heavy atom. The van der Waals surface area contributed by atoms with Crippen LogP contribution >= 0.6 is 15.9 Å². The van der Waals surface area contributed by atoms with Crippen molar-refractivity contribution in [2.75, 3.05) is 5.32 Å². The molecule has 1 aromatic carbocycles. The van der Waals surface area contributed by atoms with Crippen LogP contribution in [0.2, 0.25) is 0 Å². The number of phenols is 1. The van der Waals surface area contributed by atoms with E-state index in [9.17, 15) is 5.11 Å². The Morgan fingerprint density at radius 3 is 2.94 bits per heavy atom. The molecule has 0 amide bonds. The third-order valence-electron chi connectivity index (χ3n) is 2.50. The lowest BCUT2D eigenvalue weighted by Gasteiger charge is -2.09. The van der Waals surface area contributed by atoms with E-state index >= 15 is 0 Å². The van der Waals surface area contributed by atoms with Gasteiger partial charge in [0, 0.05) is 22.8 Å². The van der Waals surface area contributed by atoms with E-state index in [4.69, 9.17) is 0 Å². The minimum atomic E-state index is 0.286. The van der Waals surface area contributed by atoms with Crippen molar-refractivity contribution in [1.82, 2.24) is 4.98 Å². The molecule has 88 valence electrons. The van der Waals surface area contributed by atoms with Gasteiger partial charge in [0.05, 0.1) is 0 Å². The van der Waals surface area contributed by atoms with Gasteiger partial charge in [-0.3, -0.25) is 0 Å². The molecule has 2 aromatic rings. The zero-order chi connectivity index (χ0) is 12.3. The lowest BCUT2D eigenvalue weighted by atomic mass is 10.2. The highest BCUT2D eigenvalue weighted by molar-refractivity contribution is 9.10. The Kier molecular flexibility index (Phi) is 3.64. The number of pyridine rings is 1. The van der Waals surface area contributed by atoms with Crippen molar-refractivity contribution in [3.63, 3.8) is 0 Å². The van der Waals surface area contributed by atoms with Crippen LogP contribution < -0.4 is 5.32 Å². The zero-order valence-electron chi connectivity index (χ0n) is 9.44. The predicted molar refractivity (Wildman–Crippen MR) is 72.1 cm³/mol. The Labute approximate surface area is 109 Å². The van der Waals surface area contributed by atoms with Crippen LogP contribution in [0.5, 0.6) is 5.75 Å². The summed E-state index contributed by atoms with van der Waals surface area (Å²) in [5.74, 6) is 1.13. The highest BCUT2D eigenvalue weighted by Gasteiger charge is 2.03. The number of hydrogen-bond donors (Lipinski definition) is 2. The first-order valence-corrected chi connectivity index (χ1v) is 6.09. The van der Waals surface area contributed by atoms with Crippen LogP contribution in [-0.2, 0) is 6.54 Å². The number of aromatic hydroxyl groups is 1. The first kappa shape index (κ1) is 11.9. The third-order valence-corrected chi connectivity index (χ3v) is 2.99. The van der Waals surface area contributed by atoms with Gasteiger partial charge >= 0.3 is 0 Å². The molecule has 2 N–H and O–H groups in total. The molecule has 0 fully saturated rings. The van der Waals surface area contributed by atoms with Gasteiger partial charge in [-0.15, -0.1) is 0 Å². The van der Waals surface area contributed by atoms with Gasteiger partial charge in [-0.25, -0.2) is 4.98 Å². The van der Waals surface area contributed by atoms with Gasteiger partial charge in [0.15, 0.2) is 0 Å². The van der Waals surface area contributed by atoms with Crippen LogP contribution in [0.15, 0.2) is 41.0 Å². The van der Waals surface area contributed by atoms with Gasteiger partial charge < -0.3 is 10.4 Å². The average Bonchev–Trinajstić information content (AvgIpc) is 2.32. The molecular formula is C13H13BrN2O. The molecule has 0 saturated carbocycles. The van der Waals surface area contributed by atoms with Crippen molar-refractivity contribution in [1.29, 1.82) is 0 Å². The fourth-order valence-corrected chi connectivity index (χ4v) is 1.95. The van der Waals surface area contributed by atoms with E-state index in [2.05, 4.69) is 26.2 Å². The highest BCUT2D eigenvalue weighted by Crippen LogP contribution is 2.23. The van der Waals surface area contributed by atoms with Crippen molar-refractivity contribution in [3.8, 4) is 5.75 Å². The van der Waals surface area contributed by atoms with Crippen LogP contribution in [0.25, 0.3) is 0 Å². The number of anilines is 1. The van der Waals surface area contributed by atoms with Crippen molar-refractivity contribution < 1.29 is 5.11 Å². The lowest BCUT2D eigenvalue weighted by molar-refractivity contribution is 0.469. The smallest absolute Gasteiger partial charge is 0.129 e. The van der Waals surface area contributed by atoms with Crippen molar-refractivity contribution in [2.45, 2.75) is 13.5 Å². The minimum Gasteiger partial charge on any atom is -0.508 e. The van der Waals surface area contributed by atoms with Gasteiger partial charge in [-0.05, 0) is 36.8 Å². The lowest BCUT2D eigenvalue weighted by Crippen LogP contribution is -2.03. The Morgan fingerprint density at radius 1 is 1.35 bits per heavy atom. The quantitative estimate of drug-likeness (QED) is 0.910. The molecule has 4 heteroatoms. The Hall–Kier alpha value is -1.55. The predicted octanol–water partition coefficient (Wildman–Crippen LogP) is 3.47. The van der Waals surface area contributed by atoms with E-state index < -0.39 is 0 Å². The summed E-state index contributed by atoms with van der Waals surface area (Å²) in [5.41, 5.74) is 1.92. The average molecular weight is 293 g/mol. The van der Waals surface area contributed by atoms with Crippen molar-refractivity contribution in [2.24, 2.45) is 0 Å². The molecule has 17 heavy (non-hydrogen) atoms. The summed E-state index contributed by atoms with van der Waals surface area (Å²) in [7, 11) is 0. The molecule has 0 spiro atoms. The van der Waals surface area contributed by atoms with Gasteiger partial charge in [-0.2, -0.15) is 0 Å². The molecule has 2 rings (SSSR count). The number of nitrogens with zero attached hydrogens (tertiary/aromatic N) is 1. The van der Waals surface area contributed by atoms with Gasteiger partial charge in [0.25, 0.3) is 0 Å². The second-order valence-corrected chi connectivity index (χ2v) is 4.71. The summed E-state index contributed by atoms with van der Waals surface area (Å²) >= 11 is 3.38. The first-order chi connectivity index (χ1) is 8.16. The molecule has 1 heterocycles. The molecule has 0 saturated heterocycles. The summed E-state index contributed by atoms with van der Waals surface area (Å²) in [6, 6.07) is 9.27. The van der Waals surface area contributed by atoms with Crippen LogP contribution in [0, 0.1) is 6.92 Å². The monoisotopic (exact) mass is 292 g/mol. The maximum absolute atomic E-state index is 9.70. The van der Waals surface area contributed by atoms with E-state index in [1.54, 1.807) is 12.3 Å². The van der Waals surface area contributed by atoms with Crippen LogP contribution in [0.4, 0.5) is 5.82 Å². The number of aromatic nitrogens is 1. The van der Waals surface area contributed by atoms with Crippen LogP contribution in [-0.4, -0.2) is 10.1 Å². The molecule has 0 atom stereocenters. The number of benzene rings is 1. The van der Waals surface area contributed by atoms with E-state index in [-0.39, 0.29) is 5.75 Å². The normalized spacial score (nSPS) is 10.2. The summed E-state index contributed by atoms with van der Waals surface area (Å²) in [5, 5.41) is 12.9. The fraction of sp³-hybridized carbons (Fsp3) is 0.154. The number of aryl methyl sites for hydroxylation is 1. The number of halogens is 1. The third kappa shape index (κ3) is 2.97. The van der Waals surface area contributed by atoms with E-state index in [0.29, 0.717) is 6.54 Å². The van der Waals surface area contributed by atoms with Crippen LogP contribution in [0.1, 0.15) is 11.1 Å². The largest absolute Gasteiger partial charge is 0.508 e. The molecular weight excluding hydrogens is 280 g/mol. The van der Waals surface area contributed by atoms with E-state index in [0.717, 1.165) is 21.4 Å². The Balaban J connectivity index is 2.12. The van der Waals surface area contributed by atoms with E-state index in [1.807, 2.05) is 31.2 Å². The maximum atomic E-state index is 9.70. The fourth-order valence-electron chi connectivity index (χ4n) is 1.55. The van der Waals surface area contributed by atoms with E-state index in [1.165, 1.54) is 0 Å². The standard InChI is InChI=1S/C13H13BrN2O/c1-9-3-2-6-15-13(9)16-8-10-7-11(14)4-5-12(10)17/h2-7,17H,8H2,1H3,(H,15,16). The van der Waals surface area contributed by atoms with Gasteiger partial charge in [0.2, 0.25) is 0 Å². The number of hydrogen-bond acceptors (Lipinski definition) is 3. The summed E-state index contributed by atoms with van der Waals surface area (Å²) < 4.78 is 0.949. The zero-order valence-corrected chi connectivity index (χ0v) is 11.0. The summed E-state index contributed by atoms with van der Waals surface area (Å²) in [6.07, 6.45) is 1.75. The molecule has 0 unspecified atom stereocenters.